The molecule has 0 amide bonds. The maximum absolute atomic E-state index is 13.3. The van der Waals surface area contributed by atoms with E-state index in [1.54, 1.807) is 18.2 Å². The van der Waals surface area contributed by atoms with Gasteiger partial charge in [0.1, 0.15) is 0 Å². The summed E-state index contributed by atoms with van der Waals surface area (Å²) in [4.78, 5) is 7.67. The van der Waals surface area contributed by atoms with Gasteiger partial charge in [-0.05, 0) is 56.4 Å². The van der Waals surface area contributed by atoms with Gasteiger partial charge in [-0.3, -0.25) is 4.72 Å². The molecule has 1 heterocycles. The number of anilines is 2. The van der Waals surface area contributed by atoms with Gasteiger partial charge in [0, 0.05) is 59.9 Å². The second-order valence-electron chi connectivity index (χ2n) is 8.26. The highest BCUT2D eigenvalue weighted by atomic mass is 32.2. The largest absolute Gasteiger partial charge is 0.377 e. The number of sulfonamides is 1. The van der Waals surface area contributed by atoms with Gasteiger partial charge in [0.05, 0.1) is 4.90 Å². The smallest absolute Gasteiger partial charge is 0.262 e. The molecule has 0 unspecified atom stereocenters. The molecule has 4 rings (SSSR count). The van der Waals surface area contributed by atoms with Crippen LogP contribution in [-0.4, -0.2) is 53.0 Å². The maximum Gasteiger partial charge on any atom is 0.262 e. The van der Waals surface area contributed by atoms with Gasteiger partial charge in [0.2, 0.25) is 0 Å². The van der Waals surface area contributed by atoms with Crippen LogP contribution in [0.3, 0.4) is 0 Å². The van der Waals surface area contributed by atoms with E-state index in [2.05, 4.69) is 14.6 Å². The van der Waals surface area contributed by atoms with Crippen LogP contribution in [0.25, 0.3) is 21.7 Å². The summed E-state index contributed by atoms with van der Waals surface area (Å²) in [5, 5.41) is 2.65. The predicted molar refractivity (Wildman–Crippen MR) is 130 cm³/mol. The monoisotopic (exact) mass is 436 g/mol. The average molecular weight is 437 g/mol. The minimum absolute atomic E-state index is 0.274. The summed E-state index contributed by atoms with van der Waals surface area (Å²) in [7, 11) is 4.23. The van der Waals surface area contributed by atoms with Crippen LogP contribution in [0, 0.1) is 0 Å². The highest BCUT2D eigenvalue weighted by Gasteiger charge is 2.19. The van der Waals surface area contributed by atoms with E-state index < -0.39 is 10.0 Å². The molecule has 0 aliphatic heterocycles. The van der Waals surface area contributed by atoms with Crippen molar-refractivity contribution in [3.8, 4) is 0 Å². The standard InChI is InChI=1S/C24H28N4O2S/c1-27(2)14-13-17-16-25-22-12-11-18(15-21(17)22)26-31(29,30)24-10-6-7-19-20(24)8-5-9-23(19)28(3)4/h5-12,15-16,25-26H,13-14H2,1-4H3. The molecule has 4 aromatic rings. The lowest BCUT2D eigenvalue weighted by Crippen LogP contribution is -2.15. The Morgan fingerprint density at radius 2 is 1.65 bits per heavy atom. The van der Waals surface area contributed by atoms with Crippen molar-refractivity contribution in [1.29, 1.82) is 0 Å². The first-order valence-corrected chi connectivity index (χ1v) is 11.7. The van der Waals surface area contributed by atoms with Crippen molar-refractivity contribution in [1.82, 2.24) is 9.88 Å². The lowest BCUT2D eigenvalue weighted by molar-refractivity contribution is 0.414. The predicted octanol–water partition coefficient (Wildman–Crippen LogP) is 4.29. The third kappa shape index (κ3) is 4.24. The van der Waals surface area contributed by atoms with Crippen LogP contribution in [0.1, 0.15) is 5.56 Å². The van der Waals surface area contributed by atoms with Gasteiger partial charge in [-0.1, -0.05) is 24.3 Å². The van der Waals surface area contributed by atoms with E-state index in [-0.39, 0.29) is 4.90 Å². The average Bonchev–Trinajstić information content (AvgIpc) is 3.13. The Hall–Kier alpha value is -3.03. The van der Waals surface area contributed by atoms with Crippen molar-refractivity contribution in [2.75, 3.05) is 44.4 Å². The van der Waals surface area contributed by atoms with Gasteiger partial charge in [0.25, 0.3) is 10.0 Å². The fraction of sp³-hybridized carbons (Fsp3) is 0.250. The Balaban J connectivity index is 1.72. The van der Waals surface area contributed by atoms with Crippen LogP contribution in [0.5, 0.6) is 0 Å². The van der Waals surface area contributed by atoms with Crippen molar-refractivity contribution >= 4 is 43.1 Å². The lowest BCUT2D eigenvalue weighted by atomic mass is 10.1. The molecule has 0 aliphatic rings. The Kier molecular flexibility index (Phi) is 5.64. The first kappa shape index (κ1) is 21.2. The van der Waals surface area contributed by atoms with Gasteiger partial charge in [-0.15, -0.1) is 0 Å². The zero-order valence-corrected chi connectivity index (χ0v) is 19.1. The second kappa shape index (κ2) is 8.24. The number of rotatable bonds is 7. The molecule has 162 valence electrons. The van der Waals surface area contributed by atoms with Crippen molar-refractivity contribution in [3.05, 3.63) is 66.4 Å². The number of likely N-dealkylation sites (N-methyl/N-ethyl adjacent to an activating group) is 1. The van der Waals surface area contributed by atoms with E-state index in [9.17, 15) is 8.42 Å². The molecule has 0 saturated heterocycles. The first-order valence-electron chi connectivity index (χ1n) is 10.2. The van der Waals surface area contributed by atoms with Crippen LogP contribution in [0.15, 0.2) is 65.7 Å². The van der Waals surface area contributed by atoms with Crippen LogP contribution in [-0.2, 0) is 16.4 Å². The summed E-state index contributed by atoms with van der Waals surface area (Å²) >= 11 is 0. The summed E-state index contributed by atoms with van der Waals surface area (Å²) in [6.07, 6.45) is 2.89. The van der Waals surface area contributed by atoms with Crippen molar-refractivity contribution < 1.29 is 8.42 Å². The fourth-order valence-corrected chi connectivity index (χ4v) is 5.16. The zero-order chi connectivity index (χ0) is 22.2. The number of hydrogen-bond donors (Lipinski definition) is 2. The number of fused-ring (bicyclic) bond motifs is 2. The number of aromatic amines is 1. The van der Waals surface area contributed by atoms with E-state index >= 15 is 0 Å². The number of nitrogens with one attached hydrogen (secondary N) is 2. The molecule has 0 atom stereocenters. The molecule has 6 nitrogen and oxygen atoms in total. The van der Waals surface area contributed by atoms with E-state index in [0.29, 0.717) is 11.1 Å². The van der Waals surface area contributed by atoms with Crippen molar-refractivity contribution in [2.45, 2.75) is 11.3 Å². The minimum Gasteiger partial charge on any atom is -0.377 e. The molecule has 0 saturated carbocycles. The molecule has 0 aliphatic carbocycles. The molecule has 0 fully saturated rings. The third-order valence-electron chi connectivity index (χ3n) is 5.48. The SMILES string of the molecule is CN(C)CCc1c[nH]c2ccc(NS(=O)(=O)c3cccc4c(N(C)C)cccc34)cc12. The lowest BCUT2D eigenvalue weighted by Gasteiger charge is -2.17. The van der Waals surface area contributed by atoms with E-state index in [1.807, 2.05) is 75.7 Å². The summed E-state index contributed by atoms with van der Waals surface area (Å²) in [5.41, 5.74) is 3.70. The number of H-pyrrole nitrogens is 1. The van der Waals surface area contributed by atoms with Crippen molar-refractivity contribution in [2.24, 2.45) is 0 Å². The quantitative estimate of drug-likeness (QED) is 0.453. The Labute approximate surface area is 183 Å². The summed E-state index contributed by atoms with van der Waals surface area (Å²) in [5.74, 6) is 0. The molecule has 0 bridgehead atoms. The second-order valence-corrected chi connectivity index (χ2v) is 9.91. The van der Waals surface area contributed by atoms with Gasteiger partial charge >= 0.3 is 0 Å². The van der Waals surface area contributed by atoms with Crippen LogP contribution < -0.4 is 9.62 Å². The van der Waals surface area contributed by atoms with Crippen LogP contribution >= 0.6 is 0 Å². The molecular weight excluding hydrogens is 408 g/mol. The maximum atomic E-state index is 13.3. The summed E-state index contributed by atoms with van der Waals surface area (Å²) in [6.45, 7) is 0.924. The highest BCUT2D eigenvalue weighted by molar-refractivity contribution is 7.93. The van der Waals surface area contributed by atoms with Crippen LogP contribution in [0.4, 0.5) is 11.4 Å². The Morgan fingerprint density at radius 1 is 0.903 bits per heavy atom. The molecule has 1 aromatic heterocycles. The zero-order valence-electron chi connectivity index (χ0n) is 18.3. The normalized spacial score (nSPS) is 12.0. The van der Waals surface area contributed by atoms with E-state index in [4.69, 9.17) is 0 Å². The summed E-state index contributed by atoms with van der Waals surface area (Å²) in [6, 6.07) is 16.7. The fourth-order valence-electron chi connectivity index (χ4n) is 3.89. The Bertz CT molecular complexity index is 1340. The first-order chi connectivity index (χ1) is 14.8. The van der Waals surface area contributed by atoms with Crippen LogP contribution in [0.2, 0.25) is 0 Å². The molecule has 0 spiro atoms. The molecule has 3 aromatic carbocycles. The van der Waals surface area contributed by atoms with Gasteiger partial charge < -0.3 is 14.8 Å². The van der Waals surface area contributed by atoms with Gasteiger partial charge in [0.15, 0.2) is 0 Å². The highest BCUT2D eigenvalue weighted by Crippen LogP contribution is 2.31. The van der Waals surface area contributed by atoms with E-state index in [0.717, 1.165) is 34.9 Å². The molecule has 2 N–H and O–H groups in total. The summed E-state index contributed by atoms with van der Waals surface area (Å²) < 4.78 is 29.4. The molecule has 7 heteroatoms. The van der Waals surface area contributed by atoms with Gasteiger partial charge in [-0.2, -0.15) is 0 Å². The number of benzene rings is 3. The Morgan fingerprint density at radius 3 is 2.39 bits per heavy atom. The topological polar surface area (TPSA) is 68.4 Å². The number of nitrogens with zero attached hydrogens (tertiary/aromatic N) is 2. The van der Waals surface area contributed by atoms with E-state index in [1.165, 1.54) is 5.56 Å². The van der Waals surface area contributed by atoms with Crippen molar-refractivity contribution in [3.63, 3.8) is 0 Å². The molecule has 31 heavy (non-hydrogen) atoms. The number of hydrogen-bond acceptors (Lipinski definition) is 4. The number of aromatic nitrogens is 1. The minimum atomic E-state index is -3.76. The van der Waals surface area contributed by atoms with Gasteiger partial charge in [-0.25, -0.2) is 8.42 Å². The molecule has 0 radical (unpaired) electrons. The third-order valence-corrected chi connectivity index (χ3v) is 6.92. The molecular formula is C24H28N4O2S.